The van der Waals surface area contributed by atoms with E-state index in [1.807, 2.05) is 30.3 Å². The van der Waals surface area contributed by atoms with E-state index in [0.717, 1.165) is 5.56 Å². The number of rotatable bonds is 8. The molecule has 1 aliphatic heterocycles. The second-order valence-electron chi connectivity index (χ2n) is 9.12. The number of halogens is 1. The van der Waals surface area contributed by atoms with Crippen LogP contribution >= 0.6 is 0 Å². The molecule has 0 bridgehead atoms. The van der Waals surface area contributed by atoms with Crippen LogP contribution in [0.1, 0.15) is 21.6 Å². The smallest absolute Gasteiger partial charge is 0.414 e. The summed E-state index contributed by atoms with van der Waals surface area (Å²) in [5, 5.41) is 2.73. The number of pyridine rings is 1. The van der Waals surface area contributed by atoms with Crippen LogP contribution < -0.4 is 25.4 Å². The minimum absolute atomic E-state index is 0.0285. The fraction of sp³-hybridized carbons (Fsp3) is 0.214. The van der Waals surface area contributed by atoms with Crippen molar-refractivity contribution in [2.45, 2.75) is 13.2 Å². The molecular formula is C28H26FN5O5. The molecule has 4 aromatic rings. The molecule has 1 fully saturated rings. The fourth-order valence-electron chi connectivity index (χ4n) is 4.13. The lowest BCUT2D eigenvalue weighted by Crippen LogP contribution is -2.31. The van der Waals surface area contributed by atoms with E-state index < -0.39 is 23.4 Å². The fourth-order valence-corrected chi connectivity index (χ4v) is 4.13. The first-order valence-corrected chi connectivity index (χ1v) is 12.2. The van der Waals surface area contributed by atoms with Crippen LogP contribution in [0, 0.1) is 5.82 Å². The molecule has 1 saturated heterocycles. The normalized spacial score (nSPS) is 12.9. The third-order valence-electron chi connectivity index (χ3n) is 6.22. The number of cyclic esters (lactones) is 1. The number of fused-ring (bicyclic) bond motifs is 1. The molecule has 0 spiro atoms. The van der Waals surface area contributed by atoms with E-state index in [0.29, 0.717) is 16.9 Å². The lowest BCUT2D eigenvalue weighted by molar-refractivity contribution is 0.0940. The number of aromatic nitrogens is 2. The average molecular weight is 532 g/mol. The standard InChI is InChI=1S/C28H26FN5O5/c1-32(2)21-14-22(33-12-13-38-28(33)37)25-31-23(26(35)30-15-18-8-10-20(29)11-9-18)24(27(36)34(25)16-21)39-17-19-6-4-3-5-7-19/h3-11,14,16H,12-13,15,17H2,1-2H3,(H,30,35). The molecule has 10 nitrogen and oxygen atoms in total. The number of ether oxygens (including phenoxy) is 2. The summed E-state index contributed by atoms with van der Waals surface area (Å²) in [6.45, 7) is 0.550. The number of amides is 2. The van der Waals surface area contributed by atoms with Crippen molar-refractivity contribution in [3.63, 3.8) is 0 Å². The van der Waals surface area contributed by atoms with Crippen LogP contribution in [0.15, 0.2) is 71.7 Å². The number of hydrogen-bond donors (Lipinski definition) is 1. The number of benzene rings is 2. The van der Waals surface area contributed by atoms with Gasteiger partial charge in [0.2, 0.25) is 5.75 Å². The first-order valence-electron chi connectivity index (χ1n) is 12.2. The maximum absolute atomic E-state index is 13.8. The van der Waals surface area contributed by atoms with Gasteiger partial charge in [-0.05, 0) is 29.3 Å². The molecule has 0 radical (unpaired) electrons. The van der Waals surface area contributed by atoms with Crippen LogP contribution in [0.2, 0.25) is 0 Å². The largest absolute Gasteiger partial charge is 0.481 e. The van der Waals surface area contributed by atoms with Gasteiger partial charge in [-0.3, -0.25) is 18.9 Å². The minimum Gasteiger partial charge on any atom is -0.481 e. The highest BCUT2D eigenvalue weighted by Gasteiger charge is 2.29. The zero-order chi connectivity index (χ0) is 27.5. The Morgan fingerprint density at radius 2 is 1.85 bits per heavy atom. The summed E-state index contributed by atoms with van der Waals surface area (Å²) in [5.41, 5.74) is 1.66. The van der Waals surface area contributed by atoms with Crippen molar-refractivity contribution >= 4 is 29.0 Å². The Hall–Kier alpha value is -4.93. The van der Waals surface area contributed by atoms with Gasteiger partial charge in [0.1, 0.15) is 19.0 Å². The molecule has 0 atom stereocenters. The molecule has 200 valence electrons. The molecule has 11 heteroatoms. The van der Waals surface area contributed by atoms with E-state index in [1.54, 1.807) is 43.4 Å². The average Bonchev–Trinajstić information content (AvgIpc) is 3.37. The Kier molecular flexibility index (Phi) is 7.13. The van der Waals surface area contributed by atoms with Gasteiger partial charge in [0.25, 0.3) is 5.91 Å². The highest BCUT2D eigenvalue weighted by Crippen LogP contribution is 2.29. The van der Waals surface area contributed by atoms with Crippen molar-refractivity contribution in [1.29, 1.82) is 0 Å². The van der Waals surface area contributed by atoms with E-state index >= 15 is 0 Å². The number of carbonyl (C=O) groups is 2. The van der Waals surface area contributed by atoms with Gasteiger partial charge >= 0.3 is 11.7 Å². The molecule has 2 aromatic carbocycles. The van der Waals surface area contributed by atoms with Crippen LogP contribution in [0.5, 0.6) is 5.75 Å². The topological polar surface area (TPSA) is 105 Å². The van der Waals surface area contributed by atoms with Crippen molar-refractivity contribution in [1.82, 2.24) is 14.7 Å². The summed E-state index contributed by atoms with van der Waals surface area (Å²) in [5.74, 6) is -1.29. The third-order valence-corrected chi connectivity index (χ3v) is 6.22. The molecule has 5 rings (SSSR count). The van der Waals surface area contributed by atoms with Crippen LogP contribution in [-0.4, -0.2) is 48.6 Å². The maximum Gasteiger partial charge on any atom is 0.414 e. The molecule has 1 aliphatic rings. The Morgan fingerprint density at radius 3 is 2.51 bits per heavy atom. The van der Waals surface area contributed by atoms with Crippen molar-refractivity contribution in [3.05, 3.63) is 99.9 Å². The highest BCUT2D eigenvalue weighted by molar-refractivity contribution is 5.98. The van der Waals surface area contributed by atoms with E-state index in [-0.39, 0.29) is 43.4 Å². The van der Waals surface area contributed by atoms with E-state index in [9.17, 15) is 18.8 Å². The second-order valence-corrected chi connectivity index (χ2v) is 9.12. The van der Waals surface area contributed by atoms with E-state index in [4.69, 9.17) is 9.47 Å². The Bertz CT molecular complexity index is 1590. The zero-order valence-corrected chi connectivity index (χ0v) is 21.4. The number of carbonyl (C=O) groups excluding carboxylic acids is 2. The second kappa shape index (κ2) is 10.8. The lowest BCUT2D eigenvalue weighted by Gasteiger charge is -2.21. The molecule has 39 heavy (non-hydrogen) atoms. The van der Waals surface area contributed by atoms with Gasteiger partial charge in [0.05, 0.1) is 17.9 Å². The van der Waals surface area contributed by atoms with Crippen LogP contribution in [0.25, 0.3) is 5.65 Å². The maximum atomic E-state index is 13.8. The Labute approximate surface area is 223 Å². The predicted molar refractivity (Wildman–Crippen MR) is 143 cm³/mol. The summed E-state index contributed by atoms with van der Waals surface area (Å²) < 4.78 is 25.6. The van der Waals surface area contributed by atoms with Crippen molar-refractivity contribution in [2.75, 3.05) is 37.0 Å². The Morgan fingerprint density at radius 1 is 1.10 bits per heavy atom. The molecule has 3 heterocycles. The van der Waals surface area contributed by atoms with Crippen LogP contribution in [0.4, 0.5) is 20.6 Å². The molecule has 1 N–H and O–H groups in total. The van der Waals surface area contributed by atoms with Crippen molar-refractivity contribution in [2.24, 2.45) is 0 Å². The third kappa shape index (κ3) is 5.37. The zero-order valence-electron chi connectivity index (χ0n) is 21.4. The number of anilines is 2. The van der Waals surface area contributed by atoms with E-state index in [1.165, 1.54) is 21.4 Å². The number of hydrogen-bond acceptors (Lipinski definition) is 7. The van der Waals surface area contributed by atoms with Gasteiger partial charge in [-0.1, -0.05) is 42.5 Å². The summed E-state index contributed by atoms with van der Waals surface area (Å²) in [6, 6.07) is 16.6. The summed E-state index contributed by atoms with van der Waals surface area (Å²) in [6.07, 6.45) is 0.999. The first kappa shape index (κ1) is 25.7. The number of nitrogens with zero attached hydrogens (tertiary/aromatic N) is 4. The quantitative estimate of drug-likeness (QED) is 0.372. The van der Waals surface area contributed by atoms with Crippen LogP contribution in [0.3, 0.4) is 0 Å². The molecule has 0 unspecified atom stereocenters. The van der Waals surface area contributed by atoms with Gasteiger partial charge < -0.3 is 19.7 Å². The van der Waals surface area contributed by atoms with Gasteiger partial charge in [0.15, 0.2) is 11.3 Å². The highest BCUT2D eigenvalue weighted by atomic mass is 19.1. The molecule has 2 amide bonds. The molecule has 2 aromatic heterocycles. The first-order chi connectivity index (χ1) is 18.8. The van der Waals surface area contributed by atoms with Gasteiger partial charge in [0, 0.05) is 26.8 Å². The van der Waals surface area contributed by atoms with Gasteiger partial charge in [-0.2, -0.15) is 0 Å². The minimum atomic E-state index is -0.659. The number of nitrogens with one attached hydrogen (secondary N) is 1. The predicted octanol–water partition coefficient (Wildman–Crippen LogP) is 3.37. The van der Waals surface area contributed by atoms with E-state index in [2.05, 4.69) is 10.3 Å². The molecular weight excluding hydrogens is 505 g/mol. The van der Waals surface area contributed by atoms with Gasteiger partial charge in [-0.25, -0.2) is 14.2 Å². The SMILES string of the molecule is CN(C)c1cc(N2CCOC2=O)c2nc(C(=O)NCc3ccc(F)cc3)c(OCc3ccccc3)c(=O)n2c1. The monoisotopic (exact) mass is 531 g/mol. The lowest BCUT2D eigenvalue weighted by atomic mass is 10.2. The molecule has 0 saturated carbocycles. The molecule has 0 aliphatic carbocycles. The Balaban J connectivity index is 1.62. The van der Waals surface area contributed by atoms with Gasteiger partial charge in [-0.15, -0.1) is 0 Å². The summed E-state index contributed by atoms with van der Waals surface area (Å²) >= 11 is 0. The van der Waals surface area contributed by atoms with Crippen LogP contribution in [-0.2, 0) is 17.9 Å². The van der Waals surface area contributed by atoms with Crippen molar-refractivity contribution < 1.29 is 23.5 Å². The summed E-state index contributed by atoms with van der Waals surface area (Å²) in [7, 11) is 3.60. The summed E-state index contributed by atoms with van der Waals surface area (Å²) in [4.78, 5) is 47.4. The van der Waals surface area contributed by atoms with Crippen molar-refractivity contribution in [3.8, 4) is 5.75 Å².